The molecule has 1 aromatic heterocycles. The number of amides is 1. The normalized spacial score (nSPS) is 19.0. The second kappa shape index (κ2) is 6.75. The molecule has 0 bridgehead atoms. The summed E-state index contributed by atoms with van der Waals surface area (Å²) in [5.41, 5.74) is 1.57. The fourth-order valence-electron chi connectivity index (χ4n) is 3.80. The second-order valence-corrected chi connectivity index (χ2v) is 6.97. The molecule has 5 nitrogen and oxygen atoms in total. The first kappa shape index (κ1) is 15.4. The summed E-state index contributed by atoms with van der Waals surface area (Å²) in [6, 6.07) is 7.80. The van der Waals surface area contributed by atoms with Crippen molar-refractivity contribution in [2.45, 2.75) is 63.3 Å². The maximum Gasteiger partial charge on any atom is 0.251 e. The Labute approximate surface area is 141 Å². The van der Waals surface area contributed by atoms with Gasteiger partial charge in [-0.25, -0.2) is 0 Å². The largest absolute Gasteiger partial charge is 0.349 e. The Morgan fingerprint density at radius 1 is 1.00 bits per heavy atom. The van der Waals surface area contributed by atoms with Gasteiger partial charge in [0.15, 0.2) is 0 Å². The molecule has 5 heteroatoms. The zero-order valence-electron chi connectivity index (χ0n) is 13.8. The molecule has 1 aromatic carbocycles. The van der Waals surface area contributed by atoms with Crippen LogP contribution in [0, 0.1) is 0 Å². The Morgan fingerprint density at radius 3 is 2.38 bits per heavy atom. The minimum atomic E-state index is 0.00760. The quantitative estimate of drug-likeness (QED) is 0.920. The van der Waals surface area contributed by atoms with Crippen LogP contribution in [-0.2, 0) is 0 Å². The van der Waals surface area contributed by atoms with E-state index in [1.807, 2.05) is 24.3 Å². The lowest BCUT2D eigenvalue weighted by atomic mass is 10.1. The molecule has 2 aliphatic rings. The first-order valence-corrected chi connectivity index (χ1v) is 9.04. The fourth-order valence-corrected chi connectivity index (χ4v) is 3.80. The van der Waals surface area contributed by atoms with Crippen LogP contribution < -0.4 is 5.32 Å². The van der Waals surface area contributed by atoms with E-state index in [0.29, 0.717) is 23.3 Å². The van der Waals surface area contributed by atoms with Gasteiger partial charge in [-0.1, -0.05) is 43.0 Å². The van der Waals surface area contributed by atoms with Gasteiger partial charge in [-0.3, -0.25) is 4.79 Å². The van der Waals surface area contributed by atoms with Gasteiger partial charge in [-0.2, -0.15) is 4.98 Å². The molecule has 126 valence electrons. The summed E-state index contributed by atoms with van der Waals surface area (Å²) in [5, 5.41) is 7.21. The lowest BCUT2D eigenvalue weighted by Gasteiger charge is -2.11. The number of nitrogens with one attached hydrogen (secondary N) is 1. The van der Waals surface area contributed by atoms with E-state index in [9.17, 15) is 4.79 Å². The van der Waals surface area contributed by atoms with Gasteiger partial charge in [-0.15, -0.1) is 0 Å². The summed E-state index contributed by atoms with van der Waals surface area (Å²) < 4.78 is 5.43. The van der Waals surface area contributed by atoms with E-state index < -0.39 is 0 Å². The van der Waals surface area contributed by atoms with E-state index in [1.54, 1.807) is 0 Å². The zero-order valence-corrected chi connectivity index (χ0v) is 13.8. The molecule has 24 heavy (non-hydrogen) atoms. The van der Waals surface area contributed by atoms with E-state index in [1.165, 1.54) is 25.7 Å². The van der Waals surface area contributed by atoms with Gasteiger partial charge < -0.3 is 9.84 Å². The minimum Gasteiger partial charge on any atom is -0.349 e. The maximum absolute atomic E-state index is 12.3. The van der Waals surface area contributed by atoms with E-state index in [0.717, 1.165) is 37.1 Å². The standard InChI is InChI=1S/C19H23N3O2/c23-18(20-16-7-3-4-8-16)14-11-9-13(10-12-14)17-21-19(24-22-17)15-5-1-2-6-15/h9-12,15-16H,1-8H2,(H,20,23). The number of carbonyl (C=O) groups excluding carboxylic acids is 1. The molecule has 0 spiro atoms. The van der Waals surface area contributed by atoms with E-state index in [2.05, 4.69) is 15.5 Å². The number of hydrogen-bond acceptors (Lipinski definition) is 4. The van der Waals surface area contributed by atoms with Crippen molar-refractivity contribution in [2.24, 2.45) is 0 Å². The summed E-state index contributed by atoms with van der Waals surface area (Å²) in [5.74, 6) is 1.79. The third-order valence-electron chi connectivity index (χ3n) is 5.24. The van der Waals surface area contributed by atoms with Crippen LogP contribution in [-0.4, -0.2) is 22.1 Å². The summed E-state index contributed by atoms with van der Waals surface area (Å²) in [4.78, 5) is 16.8. The lowest BCUT2D eigenvalue weighted by molar-refractivity contribution is 0.0938. The molecule has 0 atom stereocenters. The number of aromatic nitrogens is 2. The van der Waals surface area contributed by atoms with Crippen LogP contribution in [0.2, 0.25) is 0 Å². The van der Waals surface area contributed by atoms with Crippen LogP contribution in [0.4, 0.5) is 0 Å². The van der Waals surface area contributed by atoms with Crippen LogP contribution in [0.1, 0.15) is 73.5 Å². The maximum atomic E-state index is 12.3. The Hall–Kier alpha value is -2.17. The molecular weight excluding hydrogens is 302 g/mol. The van der Waals surface area contributed by atoms with Gasteiger partial charge in [0, 0.05) is 23.1 Å². The SMILES string of the molecule is O=C(NC1CCCC1)c1ccc(-c2noc(C3CCCC3)n2)cc1. The predicted molar refractivity (Wildman–Crippen MR) is 90.7 cm³/mol. The van der Waals surface area contributed by atoms with Gasteiger partial charge >= 0.3 is 0 Å². The third-order valence-corrected chi connectivity index (χ3v) is 5.24. The molecule has 2 fully saturated rings. The van der Waals surface area contributed by atoms with Crippen molar-refractivity contribution >= 4 is 5.91 Å². The van der Waals surface area contributed by atoms with E-state index in [4.69, 9.17) is 4.52 Å². The van der Waals surface area contributed by atoms with E-state index in [-0.39, 0.29) is 5.91 Å². The van der Waals surface area contributed by atoms with Crippen LogP contribution in [0.25, 0.3) is 11.4 Å². The van der Waals surface area contributed by atoms with Crippen molar-refractivity contribution in [1.82, 2.24) is 15.5 Å². The molecule has 4 rings (SSSR count). The van der Waals surface area contributed by atoms with Gasteiger partial charge in [0.05, 0.1) is 0 Å². The van der Waals surface area contributed by atoms with Crippen LogP contribution in [0.15, 0.2) is 28.8 Å². The van der Waals surface area contributed by atoms with Crippen LogP contribution in [0.3, 0.4) is 0 Å². The zero-order chi connectivity index (χ0) is 16.4. The van der Waals surface area contributed by atoms with Crippen molar-refractivity contribution in [3.63, 3.8) is 0 Å². The molecular formula is C19H23N3O2. The molecule has 0 aliphatic heterocycles. The minimum absolute atomic E-state index is 0.00760. The molecule has 1 amide bonds. The summed E-state index contributed by atoms with van der Waals surface area (Å²) in [7, 11) is 0. The second-order valence-electron chi connectivity index (χ2n) is 6.97. The van der Waals surface area contributed by atoms with Gasteiger partial charge in [0.1, 0.15) is 0 Å². The first-order valence-electron chi connectivity index (χ1n) is 9.04. The molecule has 2 aliphatic carbocycles. The number of benzene rings is 1. The average molecular weight is 325 g/mol. The monoisotopic (exact) mass is 325 g/mol. The summed E-state index contributed by atoms with van der Waals surface area (Å²) >= 11 is 0. The highest BCUT2D eigenvalue weighted by atomic mass is 16.5. The highest BCUT2D eigenvalue weighted by molar-refractivity contribution is 5.94. The lowest BCUT2D eigenvalue weighted by Crippen LogP contribution is -2.32. The van der Waals surface area contributed by atoms with Crippen LogP contribution in [0.5, 0.6) is 0 Å². The summed E-state index contributed by atoms with van der Waals surface area (Å²) in [6.07, 6.45) is 9.38. The number of hydrogen-bond donors (Lipinski definition) is 1. The van der Waals surface area contributed by atoms with Gasteiger partial charge in [0.25, 0.3) is 5.91 Å². The molecule has 1 heterocycles. The molecule has 1 N–H and O–H groups in total. The van der Waals surface area contributed by atoms with Crippen molar-refractivity contribution < 1.29 is 9.32 Å². The molecule has 2 saturated carbocycles. The fraction of sp³-hybridized carbons (Fsp3) is 0.526. The first-order chi connectivity index (χ1) is 11.8. The van der Waals surface area contributed by atoms with Crippen molar-refractivity contribution in [3.8, 4) is 11.4 Å². The number of rotatable bonds is 4. The Kier molecular flexibility index (Phi) is 4.32. The van der Waals surface area contributed by atoms with Crippen molar-refractivity contribution in [2.75, 3.05) is 0 Å². The van der Waals surface area contributed by atoms with Crippen molar-refractivity contribution in [3.05, 3.63) is 35.7 Å². The molecule has 0 unspecified atom stereocenters. The highest BCUT2D eigenvalue weighted by Gasteiger charge is 2.23. The number of nitrogens with zero attached hydrogens (tertiary/aromatic N) is 2. The van der Waals surface area contributed by atoms with Crippen LogP contribution >= 0.6 is 0 Å². The average Bonchev–Trinajstić information content (AvgIpc) is 3.36. The van der Waals surface area contributed by atoms with Gasteiger partial charge in [-0.05, 0) is 37.8 Å². The molecule has 0 saturated heterocycles. The highest BCUT2D eigenvalue weighted by Crippen LogP contribution is 2.33. The Bertz CT molecular complexity index is 696. The third kappa shape index (κ3) is 3.21. The summed E-state index contributed by atoms with van der Waals surface area (Å²) in [6.45, 7) is 0. The smallest absolute Gasteiger partial charge is 0.251 e. The molecule has 0 radical (unpaired) electrons. The Morgan fingerprint density at radius 2 is 1.67 bits per heavy atom. The van der Waals surface area contributed by atoms with Crippen molar-refractivity contribution in [1.29, 1.82) is 0 Å². The molecule has 2 aromatic rings. The van der Waals surface area contributed by atoms with E-state index >= 15 is 0 Å². The predicted octanol–water partition coefficient (Wildman–Crippen LogP) is 4.07. The topological polar surface area (TPSA) is 68.0 Å². The van der Waals surface area contributed by atoms with Gasteiger partial charge in [0.2, 0.25) is 11.7 Å². The Balaban J connectivity index is 1.44. The number of carbonyl (C=O) groups is 1.